The molecule has 0 spiro atoms. The highest BCUT2D eigenvalue weighted by Gasteiger charge is 2.29. The van der Waals surface area contributed by atoms with Crippen molar-refractivity contribution in [3.63, 3.8) is 0 Å². The second kappa shape index (κ2) is 1.62. The average Bonchev–Trinajstić information content (AvgIpc) is 1.78. The van der Waals surface area contributed by atoms with Crippen molar-refractivity contribution in [2.75, 3.05) is 13.1 Å². The molecule has 1 atom stereocenters. The Morgan fingerprint density at radius 2 is 2.67 bits per heavy atom. The Hall–Kier alpha value is -0.730. The highest BCUT2D eigenvalue weighted by Crippen LogP contribution is 2.18. The summed E-state index contributed by atoms with van der Waals surface area (Å²) in [4.78, 5) is 0. The van der Waals surface area contributed by atoms with Crippen molar-refractivity contribution in [3.8, 4) is 0 Å². The van der Waals surface area contributed by atoms with Crippen LogP contribution in [0.25, 0.3) is 0 Å². The largest absolute Gasteiger partial charge is 0.370 e. The molecule has 0 aromatic carbocycles. The maximum atomic E-state index is 4.29. The Bertz CT molecular complexity index is 152. The Kier molecular flexibility index (Phi) is 0.917. The minimum atomic E-state index is 0.702. The number of rotatable bonds is 0. The van der Waals surface area contributed by atoms with Gasteiger partial charge in [0, 0.05) is 13.1 Å². The van der Waals surface area contributed by atoms with E-state index < -0.39 is 0 Å². The van der Waals surface area contributed by atoms with Crippen LogP contribution in [-0.4, -0.2) is 30.0 Å². The lowest BCUT2D eigenvalue weighted by Gasteiger charge is -2.42. The average molecular weight is 125 g/mol. The summed E-state index contributed by atoms with van der Waals surface area (Å²) in [6, 6.07) is 0.702. The first-order chi connectivity index (χ1) is 4.36. The summed E-state index contributed by atoms with van der Waals surface area (Å²) in [7, 11) is 0. The first-order valence-corrected chi connectivity index (χ1v) is 3.42. The number of hydrogen-bond donors (Lipinski definition) is 1. The van der Waals surface area contributed by atoms with Crippen molar-refractivity contribution in [1.82, 2.24) is 10.3 Å². The van der Waals surface area contributed by atoms with Gasteiger partial charge in [0.15, 0.2) is 0 Å². The fraction of sp³-hybridized carbons (Fsp3) is 0.833. The zero-order valence-corrected chi connectivity index (χ0v) is 5.59. The number of nitrogens with zero attached hydrogens (tertiary/aromatic N) is 2. The highest BCUT2D eigenvalue weighted by molar-refractivity contribution is 5.79. The molecule has 2 aliphatic heterocycles. The van der Waals surface area contributed by atoms with E-state index in [9.17, 15) is 0 Å². The van der Waals surface area contributed by atoms with Crippen LogP contribution in [0.3, 0.4) is 0 Å². The van der Waals surface area contributed by atoms with Crippen LogP contribution in [0.1, 0.15) is 13.3 Å². The SMILES string of the molecule is CC1=NN2CCC2CN1. The normalized spacial score (nSPS) is 31.9. The number of amidine groups is 1. The van der Waals surface area contributed by atoms with Gasteiger partial charge in [0.1, 0.15) is 5.84 Å². The summed E-state index contributed by atoms with van der Waals surface area (Å²) in [6.07, 6.45) is 1.31. The molecule has 0 aromatic rings. The molecule has 1 fully saturated rings. The van der Waals surface area contributed by atoms with Crippen molar-refractivity contribution in [2.45, 2.75) is 19.4 Å². The molecule has 3 nitrogen and oxygen atoms in total. The molecule has 3 heteroatoms. The Labute approximate surface area is 54.7 Å². The molecule has 1 N–H and O–H groups in total. The monoisotopic (exact) mass is 125 g/mol. The minimum absolute atomic E-state index is 0.702. The van der Waals surface area contributed by atoms with Crippen LogP contribution in [0.5, 0.6) is 0 Å². The maximum absolute atomic E-state index is 4.29. The summed E-state index contributed by atoms with van der Waals surface area (Å²) in [5.74, 6) is 1.06. The van der Waals surface area contributed by atoms with Gasteiger partial charge in [-0.3, -0.25) is 5.01 Å². The van der Waals surface area contributed by atoms with E-state index in [1.165, 1.54) is 6.42 Å². The Morgan fingerprint density at radius 1 is 1.78 bits per heavy atom. The van der Waals surface area contributed by atoms with Crippen molar-refractivity contribution in [1.29, 1.82) is 0 Å². The van der Waals surface area contributed by atoms with Gasteiger partial charge < -0.3 is 5.32 Å². The minimum Gasteiger partial charge on any atom is -0.370 e. The topological polar surface area (TPSA) is 27.6 Å². The van der Waals surface area contributed by atoms with Crippen LogP contribution in [0.15, 0.2) is 5.10 Å². The maximum Gasteiger partial charge on any atom is 0.119 e. The second-order valence-electron chi connectivity index (χ2n) is 2.67. The van der Waals surface area contributed by atoms with E-state index >= 15 is 0 Å². The number of hydrazone groups is 1. The zero-order valence-electron chi connectivity index (χ0n) is 5.59. The lowest BCUT2D eigenvalue weighted by Crippen LogP contribution is -2.54. The van der Waals surface area contributed by atoms with Gasteiger partial charge in [-0.25, -0.2) is 0 Å². The van der Waals surface area contributed by atoms with E-state index in [0.717, 1.165) is 18.9 Å². The third-order valence-electron chi connectivity index (χ3n) is 1.98. The van der Waals surface area contributed by atoms with Gasteiger partial charge in [0.25, 0.3) is 0 Å². The van der Waals surface area contributed by atoms with Gasteiger partial charge in [-0.2, -0.15) is 5.10 Å². The number of nitrogens with one attached hydrogen (secondary N) is 1. The second-order valence-corrected chi connectivity index (χ2v) is 2.67. The lowest BCUT2D eigenvalue weighted by atomic mass is 10.1. The molecule has 0 radical (unpaired) electrons. The van der Waals surface area contributed by atoms with Crippen LogP contribution >= 0.6 is 0 Å². The molecular weight excluding hydrogens is 114 g/mol. The van der Waals surface area contributed by atoms with Crippen LogP contribution in [0.4, 0.5) is 0 Å². The van der Waals surface area contributed by atoms with E-state index in [0.29, 0.717) is 6.04 Å². The molecule has 50 valence electrons. The van der Waals surface area contributed by atoms with Crippen LogP contribution in [0, 0.1) is 0 Å². The van der Waals surface area contributed by atoms with Crippen LogP contribution in [-0.2, 0) is 0 Å². The van der Waals surface area contributed by atoms with E-state index in [1.807, 2.05) is 6.92 Å². The van der Waals surface area contributed by atoms with Crippen LogP contribution < -0.4 is 5.32 Å². The van der Waals surface area contributed by atoms with Gasteiger partial charge in [0.05, 0.1) is 6.04 Å². The number of fused-ring (bicyclic) bond motifs is 1. The summed E-state index contributed by atoms with van der Waals surface area (Å²) in [5, 5.41) is 9.67. The van der Waals surface area contributed by atoms with Crippen molar-refractivity contribution < 1.29 is 0 Å². The third-order valence-corrected chi connectivity index (χ3v) is 1.98. The predicted octanol–water partition coefficient (Wildman–Crippen LogP) is -0.00270. The van der Waals surface area contributed by atoms with Gasteiger partial charge in [-0.1, -0.05) is 0 Å². The lowest BCUT2D eigenvalue weighted by molar-refractivity contribution is 0.0877. The van der Waals surface area contributed by atoms with Gasteiger partial charge >= 0.3 is 0 Å². The molecule has 0 bridgehead atoms. The van der Waals surface area contributed by atoms with Gasteiger partial charge in [-0.15, -0.1) is 0 Å². The molecule has 2 aliphatic rings. The Balaban J connectivity index is 2.11. The summed E-state index contributed by atoms with van der Waals surface area (Å²) < 4.78 is 0. The molecular formula is C6H11N3. The predicted molar refractivity (Wildman–Crippen MR) is 36.2 cm³/mol. The molecule has 2 rings (SSSR count). The van der Waals surface area contributed by atoms with Crippen LogP contribution in [0.2, 0.25) is 0 Å². The molecule has 0 aliphatic carbocycles. The first-order valence-electron chi connectivity index (χ1n) is 3.42. The standard InChI is InChI=1S/C6H11N3/c1-5-7-4-6-2-3-9(6)8-5/h6H,2-4H2,1H3,(H,7,8). The molecule has 2 heterocycles. The van der Waals surface area contributed by atoms with Gasteiger partial charge in [-0.05, 0) is 13.3 Å². The van der Waals surface area contributed by atoms with Crippen molar-refractivity contribution in [3.05, 3.63) is 0 Å². The summed E-state index contributed by atoms with van der Waals surface area (Å²) >= 11 is 0. The zero-order chi connectivity index (χ0) is 6.27. The first kappa shape index (κ1) is 5.09. The molecule has 1 saturated heterocycles. The quantitative estimate of drug-likeness (QED) is 0.493. The fourth-order valence-electron chi connectivity index (χ4n) is 1.26. The van der Waals surface area contributed by atoms with E-state index in [2.05, 4.69) is 15.4 Å². The third kappa shape index (κ3) is 0.677. The van der Waals surface area contributed by atoms with Crippen molar-refractivity contribution >= 4 is 5.84 Å². The van der Waals surface area contributed by atoms with E-state index in [1.54, 1.807) is 0 Å². The van der Waals surface area contributed by atoms with Gasteiger partial charge in [0.2, 0.25) is 0 Å². The van der Waals surface area contributed by atoms with E-state index in [4.69, 9.17) is 0 Å². The molecule has 9 heavy (non-hydrogen) atoms. The molecule has 0 amide bonds. The highest BCUT2D eigenvalue weighted by atomic mass is 15.5. The number of hydrogen-bond acceptors (Lipinski definition) is 3. The molecule has 0 aromatic heterocycles. The smallest absolute Gasteiger partial charge is 0.119 e. The van der Waals surface area contributed by atoms with Crippen molar-refractivity contribution in [2.24, 2.45) is 5.10 Å². The fourth-order valence-corrected chi connectivity index (χ4v) is 1.26. The summed E-state index contributed by atoms with van der Waals surface area (Å²) in [5.41, 5.74) is 0. The molecule has 1 unspecified atom stereocenters. The summed E-state index contributed by atoms with van der Waals surface area (Å²) in [6.45, 7) is 4.26. The molecule has 0 saturated carbocycles. The Morgan fingerprint density at radius 3 is 3.11 bits per heavy atom. The van der Waals surface area contributed by atoms with E-state index in [-0.39, 0.29) is 0 Å².